The number of ether oxygens (including phenoxy) is 2. The molecule has 0 atom stereocenters. The van der Waals surface area contributed by atoms with Crippen LogP contribution in [0.4, 0.5) is 15.8 Å². The van der Waals surface area contributed by atoms with E-state index >= 15 is 0 Å². The molecule has 2 N–H and O–H groups in total. The van der Waals surface area contributed by atoms with Crippen molar-refractivity contribution in [2.45, 2.75) is 6.92 Å². The molecule has 1 aliphatic rings. The van der Waals surface area contributed by atoms with Crippen LogP contribution in [0.5, 0.6) is 11.5 Å². The maximum Gasteiger partial charge on any atom is 0.231 e. The summed E-state index contributed by atoms with van der Waals surface area (Å²) in [6.07, 6.45) is 0. The Kier molecular flexibility index (Phi) is 3.62. The first kappa shape index (κ1) is 13.6. The van der Waals surface area contributed by atoms with Gasteiger partial charge in [-0.3, -0.25) is 0 Å². The van der Waals surface area contributed by atoms with Gasteiger partial charge in [0.15, 0.2) is 16.6 Å². The molecule has 0 bridgehead atoms. The third-order valence-electron chi connectivity index (χ3n) is 3.15. The van der Waals surface area contributed by atoms with Crippen molar-refractivity contribution in [3.63, 3.8) is 0 Å². The van der Waals surface area contributed by atoms with Gasteiger partial charge in [-0.25, -0.2) is 4.39 Å². The molecule has 0 spiro atoms. The van der Waals surface area contributed by atoms with Gasteiger partial charge in [0.05, 0.1) is 0 Å². The summed E-state index contributed by atoms with van der Waals surface area (Å²) in [5, 5.41) is 6.38. The summed E-state index contributed by atoms with van der Waals surface area (Å²) in [6, 6.07) is 10.3. The van der Waals surface area contributed by atoms with Crippen LogP contribution in [0.2, 0.25) is 0 Å². The third-order valence-corrected chi connectivity index (χ3v) is 3.35. The van der Waals surface area contributed by atoms with Crippen LogP contribution in [0.15, 0.2) is 36.4 Å². The molecule has 4 nitrogen and oxygen atoms in total. The van der Waals surface area contributed by atoms with Crippen LogP contribution in [0.25, 0.3) is 0 Å². The second-order valence-corrected chi connectivity index (χ2v) is 4.97. The molecule has 0 fully saturated rings. The van der Waals surface area contributed by atoms with E-state index in [0.717, 1.165) is 5.69 Å². The van der Waals surface area contributed by atoms with E-state index in [1.807, 2.05) is 6.07 Å². The number of halogens is 1. The van der Waals surface area contributed by atoms with E-state index in [0.29, 0.717) is 27.9 Å². The molecule has 3 rings (SSSR count). The van der Waals surface area contributed by atoms with Crippen molar-refractivity contribution in [2.75, 3.05) is 17.4 Å². The highest BCUT2D eigenvalue weighted by Crippen LogP contribution is 2.34. The zero-order valence-electron chi connectivity index (χ0n) is 11.3. The van der Waals surface area contributed by atoms with Gasteiger partial charge in [0.2, 0.25) is 6.79 Å². The highest BCUT2D eigenvalue weighted by atomic mass is 32.1. The zero-order chi connectivity index (χ0) is 14.8. The van der Waals surface area contributed by atoms with Crippen LogP contribution < -0.4 is 20.1 Å². The fourth-order valence-electron chi connectivity index (χ4n) is 2.00. The fourth-order valence-corrected chi connectivity index (χ4v) is 2.23. The Balaban J connectivity index is 1.70. The predicted octanol–water partition coefficient (Wildman–Crippen LogP) is 3.67. The van der Waals surface area contributed by atoms with Gasteiger partial charge in [-0.2, -0.15) is 0 Å². The van der Waals surface area contributed by atoms with E-state index in [1.165, 1.54) is 6.07 Å². The SMILES string of the molecule is Cc1c(F)cccc1NC(=S)Nc1ccc2c(c1)OCO2. The highest BCUT2D eigenvalue weighted by molar-refractivity contribution is 7.80. The predicted molar refractivity (Wildman–Crippen MR) is 83.5 cm³/mol. The maximum absolute atomic E-state index is 13.5. The van der Waals surface area contributed by atoms with Crippen LogP contribution >= 0.6 is 12.2 Å². The van der Waals surface area contributed by atoms with E-state index in [4.69, 9.17) is 21.7 Å². The van der Waals surface area contributed by atoms with Crippen molar-refractivity contribution >= 4 is 28.7 Å². The second kappa shape index (κ2) is 5.57. The molecule has 1 heterocycles. The number of hydrogen-bond acceptors (Lipinski definition) is 3. The third kappa shape index (κ3) is 2.90. The number of benzene rings is 2. The van der Waals surface area contributed by atoms with E-state index in [1.54, 1.807) is 31.2 Å². The Morgan fingerprint density at radius 2 is 1.95 bits per heavy atom. The standard InChI is InChI=1S/C15H13FN2O2S/c1-9-11(16)3-2-4-12(9)18-15(21)17-10-5-6-13-14(7-10)20-8-19-13/h2-7H,8H2,1H3,(H2,17,18,21). The minimum absolute atomic E-state index is 0.226. The monoisotopic (exact) mass is 304 g/mol. The van der Waals surface area contributed by atoms with Crippen molar-refractivity contribution in [1.29, 1.82) is 0 Å². The molecule has 0 saturated carbocycles. The molecule has 21 heavy (non-hydrogen) atoms. The van der Waals surface area contributed by atoms with Crippen LogP contribution in [0, 0.1) is 12.7 Å². The van der Waals surface area contributed by atoms with Crippen LogP contribution in [-0.4, -0.2) is 11.9 Å². The summed E-state index contributed by atoms with van der Waals surface area (Å²) in [4.78, 5) is 0. The summed E-state index contributed by atoms with van der Waals surface area (Å²) in [5.41, 5.74) is 1.92. The van der Waals surface area contributed by atoms with Gasteiger partial charge in [0.25, 0.3) is 0 Å². The average Bonchev–Trinajstić information content (AvgIpc) is 2.91. The first-order valence-corrected chi connectivity index (χ1v) is 6.77. The fraction of sp³-hybridized carbons (Fsp3) is 0.133. The Labute approximate surface area is 126 Å². The number of nitrogens with one attached hydrogen (secondary N) is 2. The summed E-state index contributed by atoms with van der Waals surface area (Å²) < 4.78 is 24.0. The zero-order valence-corrected chi connectivity index (χ0v) is 12.1. The van der Waals surface area contributed by atoms with Gasteiger partial charge >= 0.3 is 0 Å². The average molecular weight is 304 g/mol. The van der Waals surface area contributed by atoms with Gasteiger partial charge < -0.3 is 20.1 Å². The molecule has 0 radical (unpaired) electrons. The first-order chi connectivity index (χ1) is 10.1. The Morgan fingerprint density at radius 1 is 1.14 bits per heavy atom. The lowest BCUT2D eigenvalue weighted by molar-refractivity contribution is 0.174. The van der Waals surface area contributed by atoms with Crippen LogP contribution in [0.3, 0.4) is 0 Å². The quantitative estimate of drug-likeness (QED) is 0.829. The molecule has 6 heteroatoms. The molecule has 2 aromatic rings. The molecule has 108 valence electrons. The number of anilines is 2. The molecule has 0 unspecified atom stereocenters. The lowest BCUT2D eigenvalue weighted by Crippen LogP contribution is -2.19. The molecule has 0 aromatic heterocycles. The lowest BCUT2D eigenvalue weighted by Gasteiger charge is -2.13. The number of fused-ring (bicyclic) bond motifs is 1. The van der Waals surface area contributed by atoms with Gasteiger partial charge in [-0.15, -0.1) is 0 Å². The van der Waals surface area contributed by atoms with Crippen molar-refractivity contribution in [1.82, 2.24) is 0 Å². The summed E-state index contributed by atoms with van der Waals surface area (Å²) in [7, 11) is 0. The van der Waals surface area contributed by atoms with E-state index in [2.05, 4.69) is 10.6 Å². The molecule has 0 amide bonds. The van der Waals surface area contributed by atoms with Crippen molar-refractivity contribution in [2.24, 2.45) is 0 Å². The molecule has 2 aromatic carbocycles. The molecule has 1 aliphatic heterocycles. The minimum Gasteiger partial charge on any atom is -0.454 e. The molecular formula is C15H13FN2O2S. The van der Waals surface area contributed by atoms with Crippen LogP contribution in [0.1, 0.15) is 5.56 Å². The van der Waals surface area contributed by atoms with Gasteiger partial charge in [0, 0.05) is 23.0 Å². The summed E-state index contributed by atoms with van der Waals surface area (Å²) in [6.45, 7) is 1.92. The molecule has 0 aliphatic carbocycles. The lowest BCUT2D eigenvalue weighted by atomic mass is 10.2. The van der Waals surface area contributed by atoms with Crippen LogP contribution in [-0.2, 0) is 0 Å². The number of hydrogen-bond donors (Lipinski definition) is 2. The molecular weight excluding hydrogens is 291 g/mol. The minimum atomic E-state index is -0.272. The highest BCUT2D eigenvalue weighted by Gasteiger charge is 2.13. The van der Waals surface area contributed by atoms with Gasteiger partial charge in [-0.1, -0.05) is 6.07 Å². The van der Waals surface area contributed by atoms with E-state index in [-0.39, 0.29) is 12.6 Å². The van der Waals surface area contributed by atoms with Crippen molar-refractivity contribution < 1.29 is 13.9 Å². The van der Waals surface area contributed by atoms with Crippen molar-refractivity contribution in [3.8, 4) is 11.5 Å². The Hall–Kier alpha value is -2.34. The smallest absolute Gasteiger partial charge is 0.231 e. The summed E-state index contributed by atoms with van der Waals surface area (Å²) in [5.74, 6) is 1.11. The van der Waals surface area contributed by atoms with Gasteiger partial charge in [0.1, 0.15) is 5.82 Å². The largest absolute Gasteiger partial charge is 0.454 e. The van der Waals surface area contributed by atoms with Gasteiger partial charge in [-0.05, 0) is 43.4 Å². The second-order valence-electron chi connectivity index (χ2n) is 4.56. The summed E-state index contributed by atoms with van der Waals surface area (Å²) >= 11 is 5.23. The number of rotatable bonds is 2. The first-order valence-electron chi connectivity index (χ1n) is 6.36. The topological polar surface area (TPSA) is 42.5 Å². The maximum atomic E-state index is 13.5. The van der Waals surface area contributed by atoms with E-state index in [9.17, 15) is 4.39 Å². The van der Waals surface area contributed by atoms with Crippen molar-refractivity contribution in [3.05, 3.63) is 47.8 Å². The number of thiocarbonyl (C=S) groups is 1. The normalized spacial score (nSPS) is 12.1. The Morgan fingerprint density at radius 3 is 2.81 bits per heavy atom. The molecule has 0 saturated heterocycles. The van der Waals surface area contributed by atoms with E-state index < -0.39 is 0 Å². The Bertz CT molecular complexity index is 706.